The molecule has 0 radical (unpaired) electrons. The minimum absolute atomic E-state index is 0.0432. The summed E-state index contributed by atoms with van der Waals surface area (Å²) in [5.41, 5.74) is 0.799. The van der Waals surface area contributed by atoms with Crippen molar-refractivity contribution in [1.29, 1.82) is 0 Å². The number of sulfonamides is 1. The van der Waals surface area contributed by atoms with Gasteiger partial charge in [0, 0.05) is 11.3 Å². The summed E-state index contributed by atoms with van der Waals surface area (Å²) >= 11 is 0. The number of alkyl halides is 3. The largest absolute Gasteiger partial charge is 0.416 e. The van der Waals surface area contributed by atoms with Crippen molar-refractivity contribution in [1.82, 2.24) is 25.0 Å². The Kier molecular flexibility index (Phi) is 5.85. The molecule has 1 heterocycles. The number of anilines is 2. The third-order valence-corrected chi connectivity index (χ3v) is 4.27. The van der Waals surface area contributed by atoms with E-state index in [1.807, 2.05) is 10.3 Å². The summed E-state index contributed by atoms with van der Waals surface area (Å²) in [4.78, 5) is 28.2. The van der Waals surface area contributed by atoms with Crippen molar-refractivity contribution >= 4 is 27.6 Å². The summed E-state index contributed by atoms with van der Waals surface area (Å²) in [5, 5.41) is 6.68. The molecule has 10 nitrogen and oxygen atoms in total. The number of rotatable bonds is 6. The van der Waals surface area contributed by atoms with Gasteiger partial charge < -0.3 is 5.32 Å². The van der Waals surface area contributed by atoms with Crippen LogP contribution >= 0.6 is 0 Å². The van der Waals surface area contributed by atoms with Gasteiger partial charge in [0.25, 0.3) is 5.91 Å². The van der Waals surface area contributed by atoms with E-state index in [1.54, 1.807) is 0 Å². The van der Waals surface area contributed by atoms with Gasteiger partial charge in [0.2, 0.25) is 16.0 Å². The third kappa shape index (κ3) is 5.70. The van der Waals surface area contributed by atoms with Gasteiger partial charge in [-0.1, -0.05) is 6.07 Å². The van der Waals surface area contributed by atoms with E-state index in [2.05, 4.69) is 15.4 Å². The fraction of sp³-hybridized carbons (Fsp3) is 0.118. The van der Waals surface area contributed by atoms with Gasteiger partial charge >= 0.3 is 11.9 Å². The zero-order valence-electron chi connectivity index (χ0n) is 15.7. The molecule has 0 saturated carbocycles. The van der Waals surface area contributed by atoms with Crippen LogP contribution in [0.2, 0.25) is 0 Å². The molecule has 0 aliphatic rings. The van der Waals surface area contributed by atoms with Crippen LogP contribution in [0.3, 0.4) is 0 Å². The Bertz CT molecular complexity index is 1270. The summed E-state index contributed by atoms with van der Waals surface area (Å²) < 4.78 is 61.4. The summed E-state index contributed by atoms with van der Waals surface area (Å²) in [5.74, 6) is -0.738. The summed E-state index contributed by atoms with van der Waals surface area (Å²) in [7, 11) is -3.61. The number of amides is 1. The van der Waals surface area contributed by atoms with E-state index in [4.69, 9.17) is 0 Å². The van der Waals surface area contributed by atoms with Crippen molar-refractivity contribution in [2.75, 3.05) is 11.6 Å². The van der Waals surface area contributed by atoms with Crippen molar-refractivity contribution in [3.05, 3.63) is 70.1 Å². The molecular weight excluding hydrogens is 441 g/mol. The first-order valence-corrected chi connectivity index (χ1v) is 10.3. The molecule has 0 atom stereocenters. The molecule has 0 unspecified atom stereocenters. The molecule has 164 valence electrons. The van der Waals surface area contributed by atoms with E-state index in [-0.39, 0.29) is 17.2 Å². The maximum absolute atomic E-state index is 12.9. The molecule has 1 aromatic heterocycles. The Morgan fingerprint density at radius 2 is 1.81 bits per heavy atom. The number of hydrazine groups is 1. The number of nitrogens with zero attached hydrogens (tertiary/aromatic N) is 2. The number of hydrogen-bond donors (Lipinski definition) is 4. The van der Waals surface area contributed by atoms with E-state index in [0.29, 0.717) is 5.69 Å². The number of nitrogens with one attached hydrogen (secondary N) is 4. The highest BCUT2D eigenvalue weighted by Crippen LogP contribution is 2.30. The number of halogens is 3. The maximum Gasteiger partial charge on any atom is 0.416 e. The van der Waals surface area contributed by atoms with Crippen LogP contribution in [0.1, 0.15) is 15.9 Å². The molecule has 3 rings (SSSR count). The molecule has 0 saturated heterocycles. The number of benzene rings is 2. The highest BCUT2D eigenvalue weighted by molar-refractivity contribution is 7.88. The summed E-state index contributed by atoms with van der Waals surface area (Å²) in [6, 6.07) is 9.81. The van der Waals surface area contributed by atoms with Crippen LogP contribution in [0.25, 0.3) is 5.69 Å². The SMILES string of the molecule is CS(=O)(=O)NNC(=O)c1ccc(Nc2nn(-c3cccc(C(F)(F)F)c3)c(=O)[nH]2)cc1. The number of carbonyl (C=O) groups excluding carboxylic acids is 1. The molecule has 0 spiro atoms. The van der Waals surface area contributed by atoms with Crippen LogP contribution < -0.4 is 21.3 Å². The zero-order valence-corrected chi connectivity index (χ0v) is 16.5. The van der Waals surface area contributed by atoms with Crippen molar-refractivity contribution in [3.63, 3.8) is 0 Å². The van der Waals surface area contributed by atoms with Gasteiger partial charge in [-0.3, -0.25) is 15.2 Å². The average molecular weight is 456 g/mol. The molecule has 0 bridgehead atoms. The fourth-order valence-electron chi connectivity index (χ4n) is 2.42. The minimum Gasteiger partial charge on any atom is -0.324 e. The Labute approximate surface area is 173 Å². The van der Waals surface area contributed by atoms with Gasteiger partial charge in [0.15, 0.2) is 0 Å². The van der Waals surface area contributed by atoms with E-state index >= 15 is 0 Å². The van der Waals surface area contributed by atoms with Gasteiger partial charge in [0.05, 0.1) is 17.5 Å². The predicted molar refractivity (Wildman–Crippen MR) is 104 cm³/mol. The van der Waals surface area contributed by atoms with Crippen LogP contribution in [0.5, 0.6) is 0 Å². The van der Waals surface area contributed by atoms with E-state index < -0.39 is 33.4 Å². The highest BCUT2D eigenvalue weighted by atomic mass is 32.2. The number of aromatic nitrogens is 3. The van der Waals surface area contributed by atoms with Crippen LogP contribution in [-0.4, -0.2) is 35.3 Å². The van der Waals surface area contributed by atoms with Gasteiger partial charge in [-0.2, -0.15) is 17.9 Å². The smallest absolute Gasteiger partial charge is 0.324 e. The number of hydrogen-bond acceptors (Lipinski definition) is 6. The lowest BCUT2D eigenvalue weighted by Gasteiger charge is -2.08. The molecule has 0 fully saturated rings. The molecular formula is C17H15F3N6O4S. The van der Waals surface area contributed by atoms with Crippen molar-refractivity contribution in [3.8, 4) is 5.69 Å². The van der Waals surface area contributed by atoms with Gasteiger partial charge in [-0.05, 0) is 42.5 Å². The first-order valence-electron chi connectivity index (χ1n) is 8.43. The number of H-pyrrole nitrogens is 1. The molecule has 3 aromatic rings. The monoisotopic (exact) mass is 456 g/mol. The van der Waals surface area contributed by atoms with Gasteiger partial charge in [-0.15, -0.1) is 9.93 Å². The van der Waals surface area contributed by atoms with Crippen LogP contribution in [0.15, 0.2) is 53.3 Å². The summed E-state index contributed by atoms with van der Waals surface area (Å²) in [6.07, 6.45) is -3.69. The maximum atomic E-state index is 12.9. The lowest BCUT2D eigenvalue weighted by atomic mass is 10.2. The Morgan fingerprint density at radius 3 is 2.42 bits per heavy atom. The molecule has 2 aromatic carbocycles. The molecule has 14 heteroatoms. The number of carbonyl (C=O) groups is 1. The standard InChI is InChI=1S/C17H15F3N6O4S/c1-31(29,30)25-23-14(27)10-5-7-12(8-6-10)21-15-22-16(28)26(24-15)13-4-2-3-11(9-13)17(18,19)20/h2-9,25H,1H3,(H,23,27)(H2,21,22,24,28). The molecule has 4 N–H and O–H groups in total. The Morgan fingerprint density at radius 1 is 1.13 bits per heavy atom. The van der Waals surface area contributed by atoms with Gasteiger partial charge in [0.1, 0.15) is 0 Å². The van der Waals surface area contributed by atoms with Crippen molar-refractivity contribution in [2.45, 2.75) is 6.18 Å². The number of aromatic amines is 1. The second kappa shape index (κ2) is 8.23. The lowest BCUT2D eigenvalue weighted by Crippen LogP contribution is -2.40. The van der Waals surface area contributed by atoms with Crippen molar-refractivity contribution < 1.29 is 26.4 Å². The second-order valence-electron chi connectivity index (χ2n) is 6.27. The molecule has 1 amide bonds. The van der Waals surface area contributed by atoms with Crippen LogP contribution in [0, 0.1) is 0 Å². The molecule has 31 heavy (non-hydrogen) atoms. The normalized spacial score (nSPS) is 11.9. The second-order valence-corrected chi connectivity index (χ2v) is 8.02. The fourth-order valence-corrected chi connectivity index (χ4v) is 2.70. The van der Waals surface area contributed by atoms with Crippen LogP contribution in [-0.2, 0) is 16.2 Å². The first-order chi connectivity index (χ1) is 14.4. The highest BCUT2D eigenvalue weighted by Gasteiger charge is 2.30. The lowest BCUT2D eigenvalue weighted by molar-refractivity contribution is -0.137. The minimum atomic E-state index is -4.57. The zero-order chi connectivity index (χ0) is 22.8. The third-order valence-electron chi connectivity index (χ3n) is 3.80. The van der Waals surface area contributed by atoms with E-state index in [1.165, 1.54) is 30.3 Å². The first kappa shape index (κ1) is 22.0. The van der Waals surface area contributed by atoms with Gasteiger partial charge in [-0.25, -0.2) is 13.2 Å². The topological polar surface area (TPSA) is 138 Å². The molecule has 0 aliphatic heterocycles. The average Bonchev–Trinajstić information content (AvgIpc) is 3.05. The quantitative estimate of drug-likeness (QED) is 0.415. The van der Waals surface area contributed by atoms with Crippen LogP contribution in [0.4, 0.5) is 24.8 Å². The van der Waals surface area contributed by atoms with E-state index in [0.717, 1.165) is 29.1 Å². The Hall–Kier alpha value is -3.65. The molecule has 0 aliphatic carbocycles. The Balaban J connectivity index is 1.75. The predicted octanol–water partition coefficient (Wildman–Crippen LogP) is 1.52. The van der Waals surface area contributed by atoms with Crippen molar-refractivity contribution in [2.24, 2.45) is 0 Å². The summed E-state index contributed by atoms with van der Waals surface area (Å²) in [6.45, 7) is 0. The van der Waals surface area contributed by atoms with E-state index in [9.17, 15) is 31.2 Å².